The fourth-order valence-electron chi connectivity index (χ4n) is 1.82. The average Bonchev–Trinajstić information content (AvgIpc) is 2.78. The van der Waals surface area contributed by atoms with Crippen LogP contribution in [0, 0.1) is 24.2 Å². The number of nitrogens with one attached hydrogen (secondary N) is 1. The Kier molecular flexibility index (Phi) is 3.37. The molecule has 0 amide bonds. The summed E-state index contributed by atoms with van der Waals surface area (Å²) < 4.78 is 5.30. The summed E-state index contributed by atoms with van der Waals surface area (Å²) in [5.41, 5.74) is 1.52. The van der Waals surface area contributed by atoms with Gasteiger partial charge < -0.3 is 10.1 Å². The van der Waals surface area contributed by atoms with Crippen molar-refractivity contribution in [3.8, 4) is 6.07 Å². The first kappa shape index (κ1) is 10.9. The zero-order chi connectivity index (χ0) is 11.4. The molecule has 0 radical (unpaired) electrons. The minimum atomic E-state index is 0.563. The fraction of sp³-hybridized carbons (Fsp3) is 0.500. The van der Waals surface area contributed by atoms with E-state index >= 15 is 0 Å². The first-order valence-corrected chi connectivity index (χ1v) is 5.48. The lowest BCUT2D eigenvalue weighted by Crippen LogP contribution is -2.15. The molecule has 2 rings (SSSR count). The van der Waals surface area contributed by atoms with Crippen LogP contribution in [0.3, 0.4) is 0 Å². The number of hydrogen-bond donors (Lipinski definition) is 1. The van der Waals surface area contributed by atoms with Crippen molar-refractivity contribution in [1.82, 2.24) is 4.98 Å². The molecule has 1 aromatic rings. The van der Waals surface area contributed by atoms with Crippen LogP contribution < -0.4 is 5.32 Å². The van der Waals surface area contributed by atoms with Gasteiger partial charge in [-0.05, 0) is 25.5 Å². The molecule has 1 fully saturated rings. The van der Waals surface area contributed by atoms with E-state index in [1.807, 2.05) is 6.92 Å². The summed E-state index contributed by atoms with van der Waals surface area (Å²) in [5, 5.41) is 12.1. The average molecular weight is 217 g/mol. The maximum absolute atomic E-state index is 8.84. The van der Waals surface area contributed by atoms with Crippen molar-refractivity contribution in [3.05, 3.63) is 23.4 Å². The minimum Gasteiger partial charge on any atom is -0.381 e. The van der Waals surface area contributed by atoms with Crippen molar-refractivity contribution in [1.29, 1.82) is 5.26 Å². The van der Waals surface area contributed by atoms with Crippen LogP contribution in [0.1, 0.15) is 17.7 Å². The highest BCUT2D eigenvalue weighted by atomic mass is 16.5. The first-order valence-electron chi connectivity index (χ1n) is 5.48. The van der Waals surface area contributed by atoms with E-state index in [0.29, 0.717) is 11.5 Å². The molecule has 0 bridgehead atoms. The lowest BCUT2D eigenvalue weighted by Gasteiger charge is -2.10. The van der Waals surface area contributed by atoms with Crippen molar-refractivity contribution in [2.24, 2.45) is 5.92 Å². The van der Waals surface area contributed by atoms with Gasteiger partial charge in [-0.2, -0.15) is 5.26 Å². The Morgan fingerprint density at radius 1 is 1.62 bits per heavy atom. The number of rotatable bonds is 3. The predicted molar refractivity (Wildman–Crippen MR) is 61.1 cm³/mol. The fourth-order valence-corrected chi connectivity index (χ4v) is 1.82. The van der Waals surface area contributed by atoms with Gasteiger partial charge in [0.25, 0.3) is 0 Å². The molecule has 1 atom stereocenters. The summed E-state index contributed by atoms with van der Waals surface area (Å²) in [5.74, 6) is 1.34. The number of ether oxygens (including phenoxy) is 1. The molecule has 1 aromatic heterocycles. The highest BCUT2D eigenvalue weighted by Crippen LogP contribution is 2.14. The van der Waals surface area contributed by atoms with Crippen LogP contribution in [0.25, 0.3) is 0 Å². The highest BCUT2D eigenvalue weighted by molar-refractivity contribution is 5.44. The summed E-state index contributed by atoms with van der Waals surface area (Å²) in [6.07, 6.45) is 1.10. The van der Waals surface area contributed by atoms with Crippen molar-refractivity contribution in [3.63, 3.8) is 0 Å². The molecule has 4 nitrogen and oxygen atoms in total. The van der Waals surface area contributed by atoms with Crippen molar-refractivity contribution in [2.75, 3.05) is 25.1 Å². The molecule has 84 valence electrons. The van der Waals surface area contributed by atoms with E-state index in [1.165, 1.54) is 0 Å². The first-order chi connectivity index (χ1) is 7.78. The van der Waals surface area contributed by atoms with Crippen molar-refractivity contribution >= 4 is 5.82 Å². The molecule has 1 aliphatic rings. The monoisotopic (exact) mass is 217 g/mol. The number of nitrogens with zero attached hydrogens (tertiary/aromatic N) is 2. The molecule has 16 heavy (non-hydrogen) atoms. The van der Waals surface area contributed by atoms with Crippen LogP contribution in [0.15, 0.2) is 12.1 Å². The topological polar surface area (TPSA) is 57.9 Å². The maximum Gasteiger partial charge on any atom is 0.127 e. The Hall–Kier alpha value is -1.60. The Morgan fingerprint density at radius 3 is 3.19 bits per heavy atom. The van der Waals surface area contributed by atoms with Gasteiger partial charge in [0.05, 0.1) is 18.2 Å². The molecule has 0 spiro atoms. The highest BCUT2D eigenvalue weighted by Gasteiger charge is 2.15. The van der Waals surface area contributed by atoms with Gasteiger partial charge in [0.15, 0.2) is 0 Å². The van der Waals surface area contributed by atoms with Crippen LogP contribution in [0.4, 0.5) is 5.82 Å². The lowest BCUT2D eigenvalue weighted by molar-refractivity contribution is 0.187. The molecule has 1 unspecified atom stereocenters. The summed E-state index contributed by atoms with van der Waals surface area (Å²) in [6, 6.07) is 5.69. The van der Waals surface area contributed by atoms with E-state index in [9.17, 15) is 0 Å². The van der Waals surface area contributed by atoms with E-state index in [0.717, 1.165) is 37.7 Å². The van der Waals surface area contributed by atoms with Gasteiger partial charge in [0.2, 0.25) is 0 Å². The normalized spacial score (nSPS) is 19.4. The molecular formula is C12H15N3O. The summed E-state index contributed by atoms with van der Waals surface area (Å²) in [4.78, 5) is 4.34. The van der Waals surface area contributed by atoms with E-state index in [1.54, 1.807) is 12.1 Å². The van der Waals surface area contributed by atoms with Crippen molar-refractivity contribution < 1.29 is 4.74 Å². The van der Waals surface area contributed by atoms with Gasteiger partial charge in [-0.15, -0.1) is 0 Å². The molecule has 0 aliphatic carbocycles. The minimum absolute atomic E-state index is 0.563. The number of anilines is 1. The van der Waals surface area contributed by atoms with Crippen LogP contribution in [0.2, 0.25) is 0 Å². The SMILES string of the molecule is Cc1cc(C#N)cc(NCC2CCOC2)n1. The molecule has 1 saturated heterocycles. The molecule has 4 heteroatoms. The predicted octanol–water partition coefficient (Wildman–Crippen LogP) is 1.71. The van der Waals surface area contributed by atoms with E-state index in [-0.39, 0.29) is 0 Å². The van der Waals surface area contributed by atoms with Gasteiger partial charge in [0, 0.05) is 24.8 Å². The van der Waals surface area contributed by atoms with Gasteiger partial charge in [0.1, 0.15) is 5.82 Å². The van der Waals surface area contributed by atoms with Gasteiger partial charge in [-0.1, -0.05) is 0 Å². The van der Waals surface area contributed by atoms with Crippen LogP contribution in [-0.2, 0) is 4.74 Å². The Labute approximate surface area is 95.3 Å². The second-order valence-corrected chi connectivity index (χ2v) is 4.10. The van der Waals surface area contributed by atoms with Crippen LogP contribution in [-0.4, -0.2) is 24.7 Å². The molecule has 0 saturated carbocycles. The zero-order valence-corrected chi connectivity index (χ0v) is 9.36. The smallest absolute Gasteiger partial charge is 0.127 e. The van der Waals surface area contributed by atoms with Gasteiger partial charge >= 0.3 is 0 Å². The largest absolute Gasteiger partial charge is 0.381 e. The number of aromatic nitrogens is 1. The quantitative estimate of drug-likeness (QED) is 0.837. The molecule has 1 aliphatic heterocycles. The standard InChI is InChI=1S/C12H15N3O/c1-9-4-11(6-13)5-12(15-9)14-7-10-2-3-16-8-10/h4-5,10H,2-3,7-8H2,1H3,(H,14,15). The number of pyridine rings is 1. The third kappa shape index (κ3) is 2.71. The van der Waals surface area contributed by atoms with E-state index in [4.69, 9.17) is 10.00 Å². The number of nitriles is 1. The summed E-state index contributed by atoms with van der Waals surface area (Å²) >= 11 is 0. The second kappa shape index (κ2) is 4.95. The summed E-state index contributed by atoms with van der Waals surface area (Å²) in [7, 11) is 0. The Balaban J connectivity index is 1.98. The molecule has 0 aromatic carbocycles. The molecule has 2 heterocycles. The van der Waals surface area contributed by atoms with E-state index in [2.05, 4.69) is 16.4 Å². The third-order valence-electron chi connectivity index (χ3n) is 2.68. The second-order valence-electron chi connectivity index (χ2n) is 4.10. The zero-order valence-electron chi connectivity index (χ0n) is 9.36. The van der Waals surface area contributed by atoms with Crippen LogP contribution >= 0.6 is 0 Å². The van der Waals surface area contributed by atoms with Crippen LogP contribution in [0.5, 0.6) is 0 Å². The summed E-state index contributed by atoms with van der Waals surface area (Å²) in [6.45, 7) is 4.44. The van der Waals surface area contributed by atoms with Gasteiger partial charge in [-0.3, -0.25) is 0 Å². The Morgan fingerprint density at radius 2 is 2.50 bits per heavy atom. The number of aryl methyl sites for hydroxylation is 1. The van der Waals surface area contributed by atoms with E-state index < -0.39 is 0 Å². The van der Waals surface area contributed by atoms with Gasteiger partial charge in [-0.25, -0.2) is 4.98 Å². The lowest BCUT2D eigenvalue weighted by atomic mass is 10.1. The third-order valence-corrected chi connectivity index (χ3v) is 2.68. The number of hydrogen-bond acceptors (Lipinski definition) is 4. The van der Waals surface area contributed by atoms with Crippen molar-refractivity contribution in [2.45, 2.75) is 13.3 Å². The Bertz CT molecular complexity index is 405. The maximum atomic E-state index is 8.84. The molecule has 1 N–H and O–H groups in total. The molecular weight excluding hydrogens is 202 g/mol.